The maximum Gasteiger partial charge on any atom is 1.00 e. The number of anilines is 1. The van der Waals surface area contributed by atoms with E-state index in [0.717, 1.165) is 23.2 Å². The van der Waals surface area contributed by atoms with E-state index in [1.165, 1.54) is 0 Å². The number of azo groups is 1. The van der Waals surface area contributed by atoms with Crippen molar-refractivity contribution in [1.29, 1.82) is 0 Å². The van der Waals surface area contributed by atoms with Crippen LogP contribution in [0.15, 0.2) is 74.8 Å². The number of hydrazone groups is 1. The van der Waals surface area contributed by atoms with Crippen LogP contribution >= 0.6 is 0 Å². The van der Waals surface area contributed by atoms with Crippen LogP contribution in [0.5, 0.6) is 5.75 Å². The molecule has 1 aliphatic heterocycles. The Kier molecular flexibility index (Phi) is 7.14. The van der Waals surface area contributed by atoms with Gasteiger partial charge in [0.1, 0.15) is 4.90 Å². The van der Waals surface area contributed by atoms with Crippen molar-refractivity contribution in [2.75, 3.05) is 5.01 Å². The summed E-state index contributed by atoms with van der Waals surface area (Å²) in [6.45, 7) is 1.56. The number of hydrogen-bond donors (Lipinski definition) is 1. The molecule has 3 aromatic rings. The van der Waals surface area contributed by atoms with Crippen LogP contribution in [-0.2, 0) is 14.9 Å². The number of nitro benzene ring substituents is 1. The fourth-order valence-electron chi connectivity index (χ4n) is 3.33. The molecule has 0 spiro atoms. The normalized spacial score (nSPS) is 16.1. The standard InChI is InChI=1S/C20H15N5O7S.Na/c1-11-18(20(27)24(23-11)12-5-3-2-4-6-12)21-22-19-14-8-7-13(25(28)29)9-15(14)17(10-16(19)26)33(30,31)32;/h2-10,18,26H,1H3,(H,30,31,32);/q;+1/p-1. The van der Waals surface area contributed by atoms with Crippen LogP contribution in [0.25, 0.3) is 10.8 Å². The van der Waals surface area contributed by atoms with Crippen molar-refractivity contribution in [2.45, 2.75) is 17.9 Å². The number of hydrogen-bond acceptors (Lipinski definition) is 9. The molecule has 34 heavy (non-hydrogen) atoms. The predicted molar refractivity (Wildman–Crippen MR) is 115 cm³/mol. The van der Waals surface area contributed by atoms with Crippen LogP contribution in [0.1, 0.15) is 6.92 Å². The fourth-order valence-corrected chi connectivity index (χ4v) is 4.03. The molecule has 1 atom stereocenters. The van der Waals surface area contributed by atoms with Gasteiger partial charge in [-0.15, -0.1) is 0 Å². The average molecular weight is 491 g/mol. The zero-order chi connectivity index (χ0) is 23.9. The summed E-state index contributed by atoms with van der Waals surface area (Å²) in [6.07, 6.45) is 0. The predicted octanol–water partition coefficient (Wildman–Crippen LogP) is -0.0527. The number of carbonyl (C=O) groups is 1. The third-order valence-corrected chi connectivity index (χ3v) is 5.77. The number of carbonyl (C=O) groups excluding carboxylic acids is 1. The summed E-state index contributed by atoms with van der Waals surface area (Å²) in [4.78, 5) is 22.3. The number of nitrogens with zero attached hydrogens (tertiary/aromatic N) is 5. The van der Waals surface area contributed by atoms with E-state index in [2.05, 4.69) is 15.3 Å². The van der Waals surface area contributed by atoms with Crippen molar-refractivity contribution in [3.8, 4) is 5.75 Å². The van der Waals surface area contributed by atoms with Crippen LogP contribution < -0.4 is 39.7 Å². The van der Waals surface area contributed by atoms with Crippen LogP contribution in [0, 0.1) is 10.1 Å². The van der Waals surface area contributed by atoms with Crippen LogP contribution in [0.2, 0.25) is 0 Å². The number of amides is 1. The van der Waals surface area contributed by atoms with Gasteiger partial charge in [0, 0.05) is 22.9 Å². The number of fused-ring (bicyclic) bond motifs is 1. The molecule has 4 rings (SSSR count). The molecular formula is C20H14N5NaO7S. The summed E-state index contributed by atoms with van der Waals surface area (Å²) in [6, 6.07) is 11.2. The quantitative estimate of drug-likeness (QED) is 0.171. The van der Waals surface area contributed by atoms with Gasteiger partial charge < -0.3 is 5.11 Å². The number of para-hydroxylation sites is 1. The van der Waals surface area contributed by atoms with Gasteiger partial charge in [-0.3, -0.25) is 19.5 Å². The molecule has 0 bridgehead atoms. The summed E-state index contributed by atoms with van der Waals surface area (Å²) in [7, 11) is -4.87. The van der Waals surface area contributed by atoms with Gasteiger partial charge in [-0.1, -0.05) is 23.9 Å². The summed E-state index contributed by atoms with van der Waals surface area (Å²) in [5, 5.41) is 36.5. The Morgan fingerprint density at radius 2 is 1.79 bits per heavy atom. The van der Waals surface area contributed by atoms with Crippen molar-refractivity contribution in [1.82, 2.24) is 0 Å². The number of nitro groups is 1. The average Bonchev–Trinajstić information content (AvgIpc) is 3.05. The van der Waals surface area contributed by atoms with Crippen LogP contribution in [0.4, 0.5) is 17.1 Å². The molecule has 1 amide bonds. The number of benzene rings is 3. The van der Waals surface area contributed by atoms with E-state index in [9.17, 15) is 33.0 Å². The molecule has 14 heteroatoms. The molecule has 1 aliphatic rings. The van der Waals surface area contributed by atoms with Crippen LogP contribution in [0.3, 0.4) is 0 Å². The molecule has 1 N–H and O–H groups in total. The van der Waals surface area contributed by atoms with E-state index in [-0.39, 0.29) is 46.0 Å². The molecule has 0 radical (unpaired) electrons. The van der Waals surface area contributed by atoms with Crippen molar-refractivity contribution < 1.29 is 57.4 Å². The Balaban J connectivity index is 0.00000324. The topological polar surface area (TPSA) is 178 Å². The van der Waals surface area contributed by atoms with Gasteiger partial charge in [-0.25, -0.2) is 0 Å². The van der Waals surface area contributed by atoms with E-state index in [1.807, 2.05) is 0 Å². The largest absolute Gasteiger partial charge is 1.00 e. The van der Waals surface area contributed by atoms with E-state index < -0.39 is 43.3 Å². The Hall–Kier alpha value is -3.23. The fraction of sp³-hybridized carbons (Fsp3) is 0.100. The Morgan fingerprint density at radius 3 is 2.41 bits per heavy atom. The summed E-state index contributed by atoms with van der Waals surface area (Å²) in [5.74, 6) is -1.42. The zero-order valence-electron chi connectivity index (χ0n) is 17.8. The second kappa shape index (κ2) is 9.56. The van der Waals surface area contributed by atoms with E-state index >= 15 is 0 Å². The third kappa shape index (κ3) is 4.69. The molecular weight excluding hydrogens is 477 g/mol. The van der Waals surface area contributed by atoms with Gasteiger partial charge in [-0.2, -0.15) is 28.8 Å². The molecule has 0 saturated heterocycles. The van der Waals surface area contributed by atoms with Gasteiger partial charge in [-0.05, 0) is 31.2 Å². The zero-order valence-corrected chi connectivity index (χ0v) is 20.6. The van der Waals surface area contributed by atoms with Gasteiger partial charge >= 0.3 is 29.6 Å². The molecule has 12 nitrogen and oxygen atoms in total. The molecule has 0 aromatic heterocycles. The van der Waals surface area contributed by atoms with Gasteiger partial charge in [0.25, 0.3) is 21.7 Å². The van der Waals surface area contributed by atoms with Crippen molar-refractivity contribution in [3.63, 3.8) is 0 Å². The van der Waals surface area contributed by atoms with Crippen molar-refractivity contribution in [2.24, 2.45) is 15.3 Å². The SMILES string of the molecule is CC1=NN(c2ccccc2)C(=O)C1N=Nc1c([O-])cc(S(=O)(=O)O)c2cc([N+](=O)[O-])ccc12.[Na+]. The minimum absolute atomic E-state index is 0. The Bertz CT molecular complexity index is 1480. The van der Waals surface area contributed by atoms with E-state index in [0.29, 0.717) is 17.5 Å². The molecule has 3 aromatic carbocycles. The maximum absolute atomic E-state index is 12.8. The van der Waals surface area contributed by atoms with Gasteiger partial charge in [0.2, 0.25) is 0 Å². The monoisotopic (exact) mass is 491 g/mol. The first-order valence-corrected chi connectivity index (χ1v) is 10.8. The van der Waals surface area contributed by atoms with E-state index in [1.54, 1.807) is 37.3 Å². The molecule has 1 heterocycles. The second-order valence-corrected chi connectivity index (χ2v) is 8.42. The number of non-ortho nitro benzene ring substituents is 1. The molecule has 168 valence electrons. The van der Waals surface area contributed by atoms with Crippen molar-refractivity contribution >= 4 is 49.6 Å². The van der Waals surface area contributed by atoms with Crippen molar-refractivity contribution in [3.05, 3.63) is 64.7 Å². The minimum atomic E-state index is -4.87. The molecule has 0 aliphatic carbocycles. The Morgan fingerprint density at radius 1 is 1.12 bits per heavy atom. The van der Waals surface area contributed by atoms with Gasteiger partial charge in [0.15, 0.2) is 6.04 Å². The van der Waals surface area contributed by atoms with Gasteiger partial charge in [0.05, 0.1) is 22.0 Å². The first kappa shape index (κ1) is 25.4. The first-order chi connectivity index (χ1) is 15.6. The Labute approximate surface area is 214 Å². The van der Waals surface area contributed by atoms with Crippen LogP contribution in [-0.4, -0.2) is 35.6 Å². The summed E-state index contributed by atoms with van der Waals surface area (Å²) >= 11 is 0. The molecule has 0 saturated carbocycles. The molecule has 0 fully saturated rings. The first-order valence-electron chi connectivity index (χ1n) is 9.32. The maximum atomic E-state index is 12.8. The van der Waals surface area contributed by atoms with E-state index in [4.69, 9.17) is 0 Å². The summed E-state index contributed by atoms with van der Waals surface area (Å²) < 4.78 is 33.0. The second-order valence-electron chi connectivity index (χ2n) is 7.03. The minimum Gasteiger partial charge on any atom is -0.871 e. The summed E-state index contributed by atoms with van der Waals surface area (Å²) in [5.41, 5.74) is 0.0290. The number of rotatable bonds is 5. The smallest absolute Gasteiger partial charge is 0.871 e. The molecule has 1 unspecified atom stereocenters. The third-order valence-electron chi connectivity index (χ3n) is 4.88.